The summed E-state index contributed by atoms with van der Waals surface area (Å²) in [5.41, 5.74) is 2.38. The fourth-order valence-corrected chi connectivity index (χ4v) is 6.78. The molecule has 0 unspecified atom stereocenters. The Balaban J connectivity index is 1.54. The van der Waals surface area contributed by atoms with Gasteiger partial charge in [0.1, 0.15) is 6.10 Å². The lowest BCUT2D eigenvalue weighted by molar-refractivity contribution is 0.197. The molecule has 0 spiro atoms. The third-order valence-electron chi connectivity index (χ3n) is 7.66. The molecule has 2 heterocycles. The Bertz CT molecular complexity index is 1940. The van der Waals surface area contributed by atoms with Gasteiger partial charge in [-0.2, -0.15) is 8.42 Å². The Morgan fingerprint density at radius 2 is 1.12 bits per heavy atom. The highest BCUT2D eigenvalue weighted by Gasteiger charge is 2.40. The van der Waals surface area contributed by atoms with Gasteiger partial charge in [0.15, 0.2) is 0 Å². The first-order valence-electron chi connectivity index (χ1n) is 13.8. The van der Waals surface area contributed by atoms with Crippen molar-refractivity contribution in [1.29, 1.82) is 0 Å². The average Bonchev–Trinajstić information content (AvgIpc) is 3.49. The number of aryl methyl sites for hydroxylation is 2. The molecule has 43 heavy (non-hydrogen) atoms. The van der Waals surface area contributed by atoms with Crippen molar-refractivity contribution in [3.63, 3.8) is 0 Å². The van der Waals surface area contributed by atoms with Gasteiger partial charge in [-0.25, -0.2) is 9.36 Å². The zero-order valence-corrected chi connectivity index (χ0v) is 24.4. The van der Waals surface area contributed by atoms with E-state index in [1.54, 1.807) is 56.4 Å². The van der Waals surface area contributed by atoms with Gasteiger partial charge < -0.3 is 0 Å². The van der Waals surface area contributed by atoms with E-state index in [9.17, 15) is 18.0 Å². The molecule has 0 amide bonds. The predicted molar refractivity (Wildman–Crippen MR) is 164 cm³/mol. The lowest BCUT2D eigenvalue weighted by Gasteiger charge is -2.30. The molecule has 3 aromatic carbocycles. The predicted octanol–water partition coefficient (Wildman–Crippen LogP) is 4.91. The Labute approximate surface area is 248 Å². The molecule has 1 aliphatic carbocycles. The summed E-state index contributed by atoms with van der Waals surface area (Å²) in [6.45, 7) is 3.56. The van der Waals surface area contributed by atoms with E-state index in [-0.39, 0.29) is 16.0 Å². The number of H-pyrrole nitrogens is 2. The van der Waals surface area contributed by atoms with Crippen molar-refractivity contribution in [1.82, 2.24) is 19.6 Å². The summed E-state index contributed by atoms with van der Waals surface area (Å²) in [7, 11) is -4.17. The van der Waals surface area contributed by atoms with Crippen molar-refractivity contribution in [2.45, 2.75) is 30.8 Å². The lowest BCUT2D eigenvalue weighted by Crippen LogP contribution is -2.35. The topological polar surface area (TPSA) is 119 Å². The van der Waals surface area contributed by atoms with Gasteiger partial charge in [-0.1, -0.05) is 78.9 Å². The molecule has 6 rings (SSSR count). The summed E-state index contributed by atoms with van der Waals surface area (Å²) >= 11 is 0. The van der Waals surface area contributed by atoms with E-state index in [4.69, 9.17) is 4.18 Å². The van der Waals surface area contributed by atoms with Crippen LogP contribution in [0.5, 0.6) is 0 Å². The molecule has 2 N–H and O–H groups in total. The Kier molecular flexibility index (Phi) is 7.47. The van der Waals surface area contributed by atoms with Crippen LogP contribution in [-0.2, 0) is 14.3 Å². The number of para-hydroxylation sites is 2. The van der Waals surface area contributed by atoms with Crippen LogP contribution in [0.25, 0.3) is 11.4 Å². The van der Waals surface area contributed by atoms with Crippen molar-refractivity contribution in [3.8, 4) is 11.4 Å². The molecular weight excluding hydrogens is 564 g/mol. The molecular formula is C33H30N4O5S. The summed E-state index contributed by atoms with van der Waals surface area (Å²) in [4.78, 5) is 28.4. The lowest BCUT2D eigenvalue weighted by atomic mass is 9.76. The van der Waals surface area contributed by atoms with E-state index in [0.717, 1.165) is 0 Å². The zero-order valence-electron chi connectivity index (χ0n) is 23.5. The summed E-state index contributed by atoms with van der Waals surface area (Å²) in [6, 6.07) is 26.2. The molecule has 0 saturated carbocycles. The first kappa shape index (κ1) is 28.2. The summed E-state index contributed by atoms with van der Waals surface area (Å²) < 4.78 is 35.4. The zero-order chi connectivity index (χ0) is 30.1. The molecule has 2 aromatic heterocycles. The molecule has 218 valence electrons. The number of allylic oxidation sites excluding steroid dienone is 2. The molecule has 0 radical (unpaired) electrons. The van der Waals surface area contributed by atoms with Crippen LogP contribution in [0.2, 0.25) is 0 Å². The molecule has 0 bridgehead atoms. The van der Waals surface area contributed by atoms with Crippen molar-refractivity contribution >= 4 is 10.1 Å². The fraction of sp³-hybridized carbons (Fsp3) is 0.152. The molecule has 0 aliphatic heterocycles. The van der Waals surface area contributed by atoms with Gasteiger partial charge in [0.2, 0.25) is 0 Å². The van der Waals surface area contributed by atoms with Gasteiger partial charge in [-0.15, -0.1) is 0 Å². The summed E-state index contributed by atoms with van der Waals surface area (Å²) in [5.74, 6) is -1.58. The second-order valence-corrected chi connectivity index (χ2v) is 12.0. The minimum Gasteiger partial charge on any atom is -0.295 e. The number of hydrogen-bond donors (Lipinski definition) is 2. The van der Waals surface area contributed by atoms with E-state index in [1.165, 1.54) is 21.5 Å². The second kappa shape index (κ2) is 11.4. The number of nitrogens with one attached hydrogen (secondary N) is 2. The van der Waals surface area contributed by atoms with Crippen molar-refractivity contribution in [2.24, 2.45) is 5.92 Å². The van der Waals surface area contributed by atoms with Gasteiger partial charge in [-0.05, 0) is 50.2 Å². The fourth-order valence-electron chi connectivity index (χ4n) is 5.69. The van der Waals surface area contributed by atoms with E-state index < -0.39 is 28.1 Å². The van der Waals surface area contributed by atoms with Crippen LogP contribution in [0.3, 0.4) is 0 Å². The largest absolute Gasteiger partial charge is 0.297 e. The molecule has 10 heteroatoms. The highest BCUT2D eigenvalue weighted by molar-refractivity contribution is 7.86. The number of benzene rings is 3. The smallest absolute Gasteiger partial charge is 0.295 e. The third kappa shape index (κ3) is 5.26. The van der Waals surface area contributed by atoms with Crippen LogP contribution < -0.4 is 11.1 Å². The maximum atomic E-state index is 14.2. The highest BCUT2D eigenvalue weighted by atomic mass is 32.2. The van der Waals surface area contributed by atoms with Crippen LogP contribution in [-0.4, -0.2) is 34.1 Å². The van der Waals surface area contributed by atoms with E-state index in [2.05, 4.69) is 10.2 Å². The van der Waals surface area contributed by atoms with Gasteiger partial charge in [0.25, 0.3) is 21.2 Å². The minimum absolute atomic E-state index is 0.0155. The van der Waals surface area contributed by atoms with Gasteiger partial charge in [0.05, 0.1) is 16.3 Å². The van der Waals surface area contributed by atoms with Crippen molar-refractivity contribution < 1.29 is 12.6 Å². The maximum absolute atomic E-state index is 14.2. The summed E-state index contributed by atoms with van der Waals surface area (Å²) in [6.07, 6.45) is 5.93. The molecule has 5 aromatic rings. The first-order chi connectivity index (χ1) is 20.8. The summed E-state index contributed by atoms with van der Waals surface area (Å²) in [5, 5.41) is 6.34. The van der Waals surface area contributed by atoms with Gasteiger partial charge in [-0.3, -0.25) is 24.0 Å². The second-order valence-electron chi connectivity index (χ2n) is 10.4. The average molecular weight is 595 g/mol. The molecule has 2 atom stereocenters. The van der Waals surface area contributed by atoms with E-state index >= 15 is 0 Å². The number of aromatic nitrogens is 4. The van der Waals surface area contributed by atoms with Crippen LogP contribution in [0.1, 0.15) is 28.4 Å². The molecule has 1 aliphatic rings. The van der Waals surface area contributed by atoms with Crippen LogP contribution in [0.15, 0.2) is 130 Å². The number of nitrogens with zero attached hydrogens (tertiary/aromatic N) is 2. The minimum atomic E-state index is -4.17. The van der Waals surface area contributed by atoms with Gasteiger partial charge in [0, 0.05) is 34.4 Å². The molecule has 0 saturated heterocycles. The number of aromatic amines is 2. The van der Waals surface area contributed by atoms with Gasteiger partial charge >= 0.3 is 0 Å². The highest BCUT2D eigenvalue weighted by Crippen LogP contribution is 2.38. The number of hydrogen-bond acceptors (Lipinski definition) is 5. The third-order valence-corrected chi connectivity index (χ3v) is 8.99. The Morgan fingerprint density at radius 1 is 0.674 bits per heavy atom. The maximum Gasteiger partial charge on any atom is 0.297 e. The van der Waals surface area contributed by atoms with E-state index in [0.29, 0.717) is 33.9 Å². The van der Waals surface area contributed by atoms with Crippen molar-refractivity contribution in [2.75, 3.05) is 0 Å². The molecule has 9 nitrogen and oxygen atoms in total. The standard InChI is InChI=1S/C33H30N4O5S/c1-22-29(32(38)36(34-22)24-14-6-3-7-15-24)31(30-23(2)35-37(33(30)39)25-16-8-4-9-17-25)27-20-12-13-21-28(27)42-43(40,41)26-18-10-5-11-19-26/h3-21,27-28,31,34-35H,1-2H3/t27-,28+/m0/s1. The van der Waals surface area contributed by atoms with E-state index in [1.807, 2.05) is 60.7 Å². The number of rotatable bonds is 8. The van der Waals surface area contributed by atoms with Crippen LogP contribution in [0, 0.1) is 19.8 Å². The Morgan fingerprint density at radius 3 is 1.60 bits per heavy atom. The van der Waals surface area contributed by atoms with Crippen LogP contribution in [0.4, 0.5) is 0 Å². The first-order valence-corrected chi connectivity index (χ1v) is 15.2. The Hall–Kier alpha value is -4.93. The monoisotopic (exact) mass is 594 g/mol. The van der Waals surface area contributed by atoms with Crippen LogP contribution >= 0.6 is 0 Å². The van der Waals surface area contributed by atoms with Crippen molar-refractivity contribution in [3.05, 3.63) is 159 Å². The SMILES string of the molecule is Cc1[nH]n(-c2ccccc2)c(=O)c1C(c1c(C)[nH]n(-c2ccccc2)c1=O)[C@H]1C=CC=C[C@H]1OS(=O)(=O)c1ccccc1. The molecule has 0 fully saturated rings. The quantitative estimate of drug-likeness (QED) is 0.248. The normalized spacial score (nSPS) is 16.6.